The maximum absolute atomic E-state index is 12.1. The standard InChI is InChI=1S/C16H20N4O3S/c1-15(2)5-9-10(13(18)22)14(24-11(9)16(3,4)23-15)20-7-8(6-19-20)12(17)21/h6-7H,5H2,1-4H3,(H2,17,21)(H2,18,22). The number of nitrogens with zero attached hydrogens (tertiary/aromatic N) is 2. The predicted octanol–water partition coefficient (Wildman–Crippen LogP) is 1.72. The number of carbonyl (C=O) groups excluding carboxylic acids is 2. The zero-order valence-corrected chi connectivity index (χ0v) is 14.9. The first-order valence-electron chi connectivity index (χ1n) is 7.53. The molecule has 0 saturated carbocycles. The Morgan fingerprint density at radius 2 is 1.92 bits per heavy atom. The minimum Gasteiger partial charge on any atom is -0.366 e. The van der Waals surface area contributed by atoms with E-state index in [0.29, 0.717) is 17.0 Å². The summed E-state index contributed by atoms with van der Waals surface area (Å²) < 4.78 is 7.65. The van der Waals surface area contributed by atoms with Gasteiger partial charge >= 0.3 is 0 Å². The molecule has 7 nitrogen and oxygen atoms in total. The van der Waals surface area contributed by atoms with Gasteiger partial charge in [-0.2, -0.15) is 5.10 Å². The van der Waals surface area contributed by atoms with E-state index >= 15 is 0 Å². The van der Waals surface area contributed by atoms with Crippen molar-refractivity contribution in [3.63, 3.8) is 0 Å². The normalized spacial score (nSPS) is 18.2. The number of hydrogen-bond acceptors (Lipinski definition) is 5. The summed E-state index contributed by atoms with van der Waals surface area (Å²) in [5, 5.41) is 4.73. The summed E-state index contributed by atoms with van der Waals surface area (Å²) in [5.74, 6) is -1.10. The van der Waals surface area contributed by atoms with Gasteiger partial charge in [0.25, 0.3) is 11.8 Å². The third kappa shape index (κ3) is 2.61. The maximum atomic E-state index is 12.1. The maximum Gasteiger partial charge on any atom is 0.252 e. The molecule has 0 aromatic carbocycles. The van der Waals surface area contributed by atoms with E-state index in [2.05, 4.69) is 5.10 Å². The molecule has 3 rings (SSSR count). The third-order valence-corrected chi connectivity index (χ3v) is 5.52. The number of aromatic nitrogens is 2. The van der Waals surface area contributed by atoms with Crippen molar-refractivity contribution in [3.05, 3.63) is 34.0 Å². The van der Waals surface area contributed by atoms with Gasteiger partial charge in [0, 0.05) is 17.5 Å². The number of rotatable bonds is 3. The van der Waals surface area contributed by atoms with Gasteiger partial charge in [-0.3, -0.25) is 9.59 Å². The molecule has 2 amide bonds. The number of hydrogen-bond donors (Lipinski definition) is 2. The molecule has 0 unspecified atom stereocenters. The first-order valence-corrected chi connectivity index (χ1v) is 8.34. The van der Waals surface area contributed by atoms with E-state index < -0.39 is 23.0 Å². The van der Waals surface area contributed by atoms with Gasteiger partial charge in [0.2, 0.25) is 0 Å². The van der Waals surface area contributed by atoms with Crippen LogP contribution in [-0.2, 0) is 16.8 Å². The second kappa shape index (κ2) is 5.15. The van der Waals surface area contributed by atoms with Crippen LogP contribution in [0, 0.1) is 0 Å². The molecule has 0 aliphatic carbocycles. The summed E-state index contributed by atoms with van der Waals surface area (Å²) in [5.41, 5.74) is 11.6. The van der Waals surface area contributed by atoms with Crippen LogP contribution in [0.3, 0.4) is 0 Å². The average molecular weight is 348 g/mol. The molecule has 0 saturated heterocycles. The lowest BCUT2D eigenvalue weighted by Gasteiger charge is -2.41. The van der Waals surface area contributed by atoms with Crippen LogP contribution in [0.4, 0.5) is 0 Å². The van der Waals surface area contributed by atoms with Crippen LogP contribution in [0.25, 0.3) is 5.00 Å². The quantitative estimate of drug-likeness (QED) is 0.879. The molecule has 128 valence electrons. The second-order valence-electron chi connectivity index (χ2n) is 7.04. The Labute approximate surface area is 143 Å². The second-order valence-corrected chi connectivity index (χ2v) is 8.04. The van der Waals surface area contributed by atoms with Gasteiger partial charge in [-0.25, -0.2) is 4.68 Å². The fraction of sp³-hybridized carbons (Fsp3) is 0.438. The van der Waals surface area contributed by atoms with Crippen LogP contribution >= 0.6 is 11.3 Å². The summed E-state index contributed by atoms with van der Waals surface area (Å²) in [6.45, 7) is 7.91. The molecule has 2 aromatic heterocycles. The van der Waals surface area contributed by atoms with Crippen molar-refractivity contribution < 1.29 is 14.3 Å². The van der Waals surface area contributed by atoms with Crippen molar-refractivity contribution >= 4 is 23.2 Å². The Kier molecular flexibility index (Phi) is 3.58. The minimum atomic E-state index is -0.576. The Morgan fingerprint density at radius 1 is 1.25 bits per heavy atom. The summed E-state index contributed by atoms with van der Waals surface area (Å²) in [6.07, 6.45) is 3.45. The topological polar surface area (TPSA) is 113 Å². The molecule has 0 fully saturated rings. The van der Waals surface area contributed by atoms with Crippen LogP contribution in [0.15, 0.2) is 12.4 Å². The number of ether oxygens (including phenoxy) is 1. The predicted molar refractivity (Wildman–Crippen MR) is 90.4 cm³/mol. The van der Waals surface area contributed by atoms with Gasteiger partial charge in [0.05, 0.1) is 28.5 Å². The fourth-order valence-corrected chi connectivity index (χ4v) is 4.58. The van der Waals surface area contributed by atoms with Crippen LogP contribution < -0.4 is 11.5 Å². The molecule has 24 heavy (non-hydrogen) atoms. The molecule has 1 aliphatic rings. The van der Waals surface area contributed by atoms with Gasteiger partial charge in [-0.05, 0) is 33.3 Å². The van der Waals surface area contributed by atoms with Gasteiger partial charge in [-0.15, -0.1) is 11.3 Å². The summed E-state index contributed by atoms with van der Waals surface area (Å²) in [6, 6.07) is 0. The van der Waals surface area contributed by atoms with Crippen LogP contribution in [0.1, 0.15) is 58.9 Å². The molecule has 0 atom stereocenters. The summed E-state index contributed by atoms with van der Waals surface area (Å²) in [4.78, 5) is 24.4. The van der Waals surface area contributed by atoms with Crippen molar-refractivity contribution in [2.75, 3.05) is 0 Å². The van der Waals surface area contributed by atoms with Crippen LogP contribution in [0.2, 0.25) is 0 Å². The highest BCUT2D eigenvalue weighted by molar-refractivity contribution is 7.15. The molecular formula is C16H20N4O3S. The van der Waals surface area contributed by atoms with Crippen molar-refractivity contribution in [1.82, 2.24) is 9.78 Å². The number of carbonyl (C=O) groups is 2. The lowest BCUT2D eigenvalue weighted by Crippen LogP contribution is -2.42. The monoisotopic (exact) mass is 348 g/mol. The fourth-order valence-electron chi connectivity index (χ4n) is 3.28. The van der Waals surface area contributed by atoms with E-state index in [1.165, 1.54) is 28.4 Å². The SMILES string of the molecule is CC1(C)Cc2c(sc(-n3cc(C(N)=O)cn3)c2C(N)=O)C(C)(C)O1. The van der Waals surface area contributed by atoms with Crippen molar-refractivity contribution in [1.29, 1.82) is 0 Å². The number of primary amides is 2. The van der Waals surface area contributed by atoms with Crippen LogP contribution in [0.5, 0.6) is 0 Å². The Morgan fingerprint density at radius 3 is 2.46 bits per heavy atom. The highest BCUT2D eigenvalue weighted by Gasteiger charge is 2.43. The lowest BCUT2D eigenvalue weighted by molar-refractivity contribution is -0.135. The minimum absolute atomic E-state index is 0.271. The number of fused-ring (bicyclic) bond motifs is 1. The molecule has 0 radical (unpaired) electrons. The first-order chi connectivity index (χ1) is 11.0. The highest BCUT2D eigenvalue weighted by Crippen LogP contribution is 2.47. The molecule has 0 spiro atoms. The first kappa shape index (κ1) is 16.7. The summed E-state index contributed by atoms with van der Waals surface area (Å²) >= 11 is 1.40. The molecular weight excluding hydrogens is 328 g/mol. The van der Waals surface area contributed by atoms with Crippen LogP contribution in [-0.4, -0.2) is 27.2 Å². The molecule has 8 heteroatoms. The zero-order chi connectivity index (χ0) is 17.9. The van der Waals surface area contributed by atoms with Crippen molar-refractivity contribution in [2.24, 2.45) is 11.5 Å². The average Bonchev–Trinajstić information content (AvgIpc) is 2.99. The molecule has 1 aliphatic heterocycles. The Balaban J connectivity index is 2.24. The molecule has 2 aromatic rings. The van der Waals surface area contributed by atoms with Gasteiger partial charge in [0.1, 0.15) is 5.00 Å². The number of thiophene rings is 1. The lowest BCUT2D eigenvalue weighted by atomic mass is 9.86. The zero-order valence-electron chi connectivity index (χ0n) is 14.0. The molecule has 3 heterocycles. The van der Waals surface area contributed by atoms with Crippen molar-refractivity contribution in [3.8, 4) is 5.00 Å². The van der Waals surface area contributed by atoms with E-state index in [4.69, 9.17) is 16.2 Å². The third-order valence-electron chi connectivity index (χ3n) is 3.99. The summed E-state index contributed by atoms with van der Waals surface area (Å²) in [7, 11) is 0. The van der Waals surface area contributed by atoms with E-state index in [9.17, 15) is 9.59 Å². The number of amides is 2. The Hall–Kier alpha value is -2.19. The van der Waals surface area contributed by atoms with Gasteiger partial charge in [0.15, 0.2) is 0 Å². The van der Waals surface area contributed by atoms with Gasteiger partial charge < -0.3 is 16.2 Å². The van der Waals surface area contributed by atoms with Crippen molar-refractivity contribution in [2.45, 2.75) is 45.3 Å². The van der Waals surface area contributed by atoms with E-state index in [1.54, 1.807) is 0 Å². The largest absolute Gasteiger partial charge is 0.366 e. The molecule has 0 bridgehead atoms. The van der Waals surface area contributed by atoms with Gasteiger partial charge in [-0.1, -0.05) is 0 Å². The number of nitrogens with two attached hydrogens (primary N) is 2. The van der Waals surface area contributed by atoms with E-state index in [-0.39, 0.29) is 5.56 Å². The van der Waals surface area contributed by atoms with E-state index in [0.717, 1.165) is 10.4 Å². The van der Waals surface area contributed by atoms with E-state index in [1.807, 2.05) is 27.7 Å². The smallest absolute Gasteiger partial charge is 0.252 e. The highest BCUT2D eigenvalue weighted by atomic mass is 32.1. The molecule has 4 N–H and O–H groups in total. The Bertz CT molecular complexity index is 848.